The van der Waals surface area contributed by atoms with Crippen molar-refractivity contribution in [3.63, 3.8) is 0 Å². The van der Waals surface area contributed by atoms with Gasteiger partial charge in [-0.1, -0.05) is 12.8 Å². The maximum absolute atomic E-state index is 10.6. The number of hydrogen-bond acceptors (Lipinski definition) is 3. The Morgan fingerprint density at radius 2 is 1.09 bits per heavy atom. The van der Waals surface area contributed by atoms with Gasteiger partial charge in [-0.2, -0.15) is 0 Å². The van der Waals surface area contributed by atoms with Crippen LogP contribution in [-0.2, 0) is 10.1 Å². The van der Waals surface area contributed by atoms with Crippen molar-refractivity contribution in [1.29, 1.82) is 0 Å². The van der Waals surface area contributed by atoms with E-state index in [1.54, 1.807) is 0 Å². The minimum atomic E-state index is -4.06. The molecule has 0 spiro atoms. The molecule has 0 aliphatic heterocycles. The van der Waals surface area contributed by atoms with Crippen LogP contribution in [0.2, 0.25) is 0 Å². The third-order valence-corrected chi connectivity index (χ3v) is 5.58. The fourth-order valence-electron chi connectivity index (χ4n) is 2.73. The predicted octanol–water partition coefficient (Wildman–Crippen LogP) is 2.44. The lowest BCUT2D eigenvalue weighted by molar-refractivity contribution is -0.890. The highest BCUT2D eigenvalue weighted by molar-refractivity contribution is 7.85. The maximum Gasteiger partial charge on any atom is 0.0948 e. The van der Waals surface area contributed by atoms with Crippen molar-refractivity contribution in [2.45, 2.75) is 51.9 Å². The molecule has 0 rings (SSSR count). The Hall–Kier alpha value is -0.170. The first kappa shape index (κ1) is 22.8. The molecular formula is C17H39N2O3S+. The average molecular weight is 352 g/mol. The van der Waals surface area contributed by atoms with Crippen LogP contribution >= 0.6 is 0 Å². The van der Waals surface area contributed by atoms with Gasteiger partial charge in [-0.3, -0.25) is 0 Å². The lowest BCUT2D eigenvalue weighted by Crippen LogP contribution is -2.41. The van der Waals surface area contributed by atoms with E-state index in [1.165, 1.54) is 51.6 Å². The summed E-state index contributed by atoms with van der Waals surface area (Å²) in [5.41, 5.74) is 0. The quantitative estimate of drug-likeness (QED) is 0.274. The normalized spacial score (nSPS) is 13.5. The number of unbranched alkanes of at least 4 members (excludes halogenated alkanes) is 5. The summed E-state index contributed by atoms with van der Waals surface area (Å²) in [7, 11) is 4.75. The van der Waals surface area contributed by atoms with Gasteiger partial charge < -0.3 is 13.5 Å². The van der Waals surface area contributed by atoms with Gasteiger partial charge in [0.1, 0.15) is 0 Å². The Labute approximate surface area is 144 Å². The molecule has 0 aromatic carbocycles. The van der Waals surface area contributed by atoms with E-state index in [0.717, 1.165) is 22.1 Å². The van der Waals surface area contributed by atoms with Crippen molar-refractivity contribution in [1.82, 2.24) is 0 Å². The van der Waals surface area contributed by atoms with Gasteiger partial charge in [-0.25, -0.2) is 8.42 Å². The van der Waals surface area contributed by atoms with E-state index >= 15 is 0 Å². The molecule has 23 heavy (non-hydrogen) atoms. The molecule has 0 saturated carbocycles. The monoisotopic (exact) mass is 351 g/mol. The predicted molar refractivity (Wildman–Crippen MR) is 96.2 cm³/mol. The van der Waals surface area contributed by atoms with Gasteiger partial charge in [0.05, 0.1) is 64.5 Å². The fraction of sp³-hybridized carbons (Fsp3) is 1.00. The van der Waals surface area contributed by atoms with Crippen LogP contribution < -0.4 is 0 Å². The molecule has 0 aliphatic rings. The molecule has 0 aliphatic carbocycles. The summed E-state index contributed by atoms with van der Waals surface area (Å²) >= 11 is 0. The molecule has 0 radical (unpaired) electrons. The van der Waals surface area contributed by atoms with Crippen molar-refractivity contribution >= 4 is 10.1 Å². The Kier molecular flexibility index (Phi) is 10.6. The molecular weight excluding hydrogens is 312 g/mol. The van der Waals surface area contributed by atoms with Crippen LogP contribution in [0.3, 0.4) is 0 Å². The van der Waals surface area contributed by atoms with Gasteiger partial charge in [-0.15, -0.1) is 0 Å². The molecule has 0 atom stereocenters. The van der Waals surface area contributed by atoms with Crippen LogP contribution in [0, 0.1) is 0 Å². The van der Waals surface area contributed by atoms with E-state index in [4.69, 9.17) is 0 Å². The first-order valence-electron chi connectivity index (χ1n) is 9.05. The third-order valence-electron chi connectivity index (χ3n) is 4.79. The van der Waals surface area contributed by atoms with Crippen molar-refractivity contribution in [3.05, 3.63) is 0 Å². The van der Waals surface area contributed by atoms with Gasteiger partial charge in [0.2, 0.25) is 0 Å². The summed E-state index contributed by atoms with van der Waals surface area (Å²) in [4.78, 5) is 0. The summed E-state index contributed by atoms with van der Waals surface area (Å²) in [5.74, 6) is -0.235. The minimum absolute atomic E-state index is 0.235. The Bertz CT molecular complexity index is 406. The molecule has 5 nitrogen and oxygen atoms in total. The lowest BCUT2D eigenvalue weighted by Gasteiger charge is -2.30. The molecule has 0 amide bonds. The van der Waals surface area contributed by atoms with Crippen molar-refractivity contribution in [2.75, 3.05) is 60.1 Å². The van der Waals surface area contributed by atoms with Gasteiger partial charge in [-0.05, 0) is 32.6 Å². The van der Waals surface area contributed by atoms with Crippen LogP contribution in [0.25, 0.3) is 0 Å². The average Bonchev–Trinajstić information content (AvgIpc) is 2.40. The smallest absolute Gasteiger partial charge is 0.0948 e. The number of rotatable bonds is 14. The van der Waals surface area contributed by atoms with Gasteiger partial charge in [0.25, 0.3) is 0 Å². The van der Waals surface area contributed by atoms with Gasteiger partial charge >= 0.3 is 0 Å². The van der Waals surface area contributed by atoms with E-state index in [2.05, 4.69) is 35.1 Å². The molecule has 140 valence electrons. The standard InChI is InChI=1S/C17H39N2O3S/c1-6-18(2,3)14-11-9-7-8-10-12-15-19(4,5)16-13-17-23(20,21)22/h6-17H2,1-5H3/q+1. The molecule has 0 heterocycles. The largest absolute Gasteiger partial charge is 0.748 e. The Morgan fingerprint density at radius 1 is 0.696 bits per heavy atom. The van der Waals surface area contributed by atoms with Gasteiger partial charge in [0, 0.05) is 12.2 Å². The molecule has 0 fully saturated rings. The van der Waals surface area contributed by atoms with Crippen molar-refractivity contribution in [3.8, 4) is 0 Å². The topological polar surface area (TPSA) is 57.2 Å². The summed E-state index contributed by atoms with van der Waals surface area (Å²) < 4.78 is 33.8. The highest BCUT2D eigenvalue weighted by atomic mass is 32.2. The third kappa shape index (κ3) is 15.1. The molecule has 0 bridgehead atoms. The Balaban J connectivity index is 3.59. The first-order valence-corrected chi connectivity index (χ1v) is 10.6. The molecule has 0 aromatic rings. The number of nitrogens with zero attached hydrogens (tertiary/aromatic N) is 2. The SMILES string of the molecule is CC[N+](C)(C)CCCCCCCC[N+](C)(C)CCCS(=O)(=O)[O-]. The number of hydrogen-bond donors (Lipinski definition) is 0. The minimum Gasteiger partial charge on any atom is -0.748 e. The van der Waals surface area contributed by atoms with Crippen molar-refractivity contribution in [2.24, 2.45) is 0 Å². The molecule has 0 aromatic heterocycles. The first-order chi connectivity index (χ1) is 10.5. The van der Waals surface area contributed by atoms with E-state index in [0.29, 0.717) is 6.42 Å². The summed E-state index contributed by atoms with van der Waals surface area (Å²) in [6.45, 7) is 6.51. The summed E-state index contributed by atoms with van der Waals surface area (Å²) in [6, 6.07) is 0. The zero-order valence-electron chi connectivity index (χ0n) is 16.0. The van der Waals surface area contributed by atoms with Gasteiger partial charge in [0.15, 0.2) is 0 Å². The summed E-state index contributed by atoms with van der Waals surface area (Å²) in [5, 5.41) is 0. The lowest BCUT2D eigenvalue weighted by atomic mass is 10.1. The zero-order chi connectivity index (χ0) is 18.0. The molecule has 6 heteroatoms. The second-order valence-electron chi connectivity index (χ2n) is 8.10. The highest BCUT2D eigenvalue weighted by Crippen LogP contribution is 2.10. The van der Waals surface area contributed by atoms with E-state index in [1.807, 2.05) is 0 Å². The molecule has 0 N–H and O–H groups in total. The van der Waals surface area contributed by atoms with Crippen LogP contribution in [0.5, 0.6) is 0 Å². The Morgan fingerprint density at radius 3 is 1.52 bits per heavy atom. The van der Waals surface area contributed by atoms with Crippen LogP contribution in [0.1, 0.15) is 51.9 Å². The maximum atomic E-state index is 10.6. The van der Waals surface area contributed by atoms with E-state index in [9.17, 15) is 13.0 Å². The molecule has 0 saturated heterocycles. The zero-order valence-corrected chi connectivity index (χ0v) is 16.8. The fourth-order valence-corrected chi connectivity index (χ4v) is 3.21. The van der Waals surface area contributed by atoms with Crippen LogP contribution in [-0.4, -0.2) is 82.1 Å². The van der Waals surface area contributed by atoms with Crippen molar-refractivity contribution < 1.29 is 21.9 Å². The highest BCUT2D eigenvalue weighted by Gasteiger charge is 2.14. The van der Waals surface area contributed by atoms with E-state index in [-0.39, 0.29) is 5.75 Å². The summed E-state index contributed by atoms with van der Waals surface area (Å²) in [6.07, 6.45) is 8.11. The van der Waals surface area contributed by atoms with Crippen LogP contribution in [0.15, 0.2) is 0 Å². The van der Waals surface area contributed by atoms with Crippen LogP contribution in [0.4, 0.5) is 0 Å². The molecule has 0 unspecified atom stereocenters. The number of quaternary nitrogens is 2. The van der Waals surface area contributed by atoms with E-state index < -0.39 is 10.1 Å². The second-order valence-corrected chi connectivity index (χ2v) is 9.62. The second kappa shape index (κ2) is 10.6.